The van der Waals surface area contributed by atoms with Gasteiger partial charge in [0.15, 0.2) is 5.82 Å². The number of aryl methyl sites for hydroxylation is 1. The smallest absolute Gasteiger partial charge is 0.234 e. The highest BCUT2D eigenvalue weighted by Gasteiger charge is 2.38. The van der Waals surface area contributed by atoms with E-state index < -0.39 is 0 Å². The van der Waals surface area contributed by atoms with Crippen molar-refractivity contribution in [3.63, 3.8) is 0 Å². The van der Waals surface area contributed by atoms with Gasteiger partial charge in [0, 0.05) is 6.54 Å². The van der Waals surface area contributed by atoms with Crippen LogP contribution in [-0.4, -0.2) is 23.2 Å². The van der Waals surface area contributed by atoms with Crippen molar-refractivity contribution in [3.05, 3.63) is 11.7 Å². The van der Waals surface area contributed by atoms with E-state index in [1.165, 1.54) is 0 Å². The second-order valence-electron chi connectivity index (χ2n) is 3.71. The normalized spacial score (nSPS) is 28.2. The maximum atomic E-state index is 5.24. The number of rotatable bonds is 2. The topological polar surface area (TPSA) is 51.0 Å². The molecule has 0 saturated carbocycles. The van der Waals surface area contributed by atoms with E-state index in [9.17, 15) is 0 Å². The van der Waals surface area contributed by atoms with Crippen LogP contribution in [0.2, 0.25) is 0 Å². The van der Waals surface area contributed by atoms with Crippen LogP contribution in [0.4, 0.5) is 0 Å². The Kier molecular flexibility index (Phi) is 2.07. The lowest BCUT2D eigenvalue weighted by Gasteiger charge is -2.20. The first-order chi connectivity index (χ1) is 6.27. The Bertz CT molecular complexity index is 289. The van der Waals surface area contributed by atoms with E-state index in [0.717, 1.165) is 37.6 Å². The third-order valence-corrected chi connectivity index (χ3v) is 2.90. The first-order valence-electron chi connectivity index (χ1n) is 4.78. The van der Waals surface area contributed by atoms with Crippen molar-refractivity contribution in [1.29, 1.82) is 0 Å². The van der Waals surface area contributed by atoms with Gasteiger partial charge in [-0.05, 0) is 26.3 Å². The molecule has 2 rings (SSSR count). The van der Waals surface area contributed by atoms with Crippen molar-refractivity contribution in [2.75, 3.05) is 13.1 Å². The fourth-order valence-electron chi connectivity index (χ4n) is 1.89. The molecule has 1 atom stereocenters. The van der Waals surface area contributed by atoms with Gasteiger partial charge >= 0.3 is 0 Å². The Morgan fingerprint density at radius 3 is 2.92 bits per heavy atom. The average molecular weight is 181 g/mol. The molecule has 0 aromatic carbocycles. The summed E-state index contributed by atoms with van der Waals surface area (Å²) in [6, 6.07) is 0. The fourth-order valence-corrected chi connectivity index (χ4v) is 1.89. The Labute approximate surface area is 77.7 Å². The van der Waals surface area contributed by atoms with Crippen molar-refractivity contribution in [3.8, 4) is 0 Å². The van der Waals surface area contributed by atoms with Gasteiger partial charge in [-0.3, -0.25) is 0 Å². The van der Waals surface area contributed by atoms with E-state index in [-0.39, 0.29) is 5.41 Å². The summed E-state index contributed by atoms with van der Waals surface area (Å²) in [6.07, 6.45) is 2.16. The second kappa shape index (κ2) is 3.10. The minimum atomic E-state index is 0.0985. The van der Waals surface area contributed by atoms with Crippen LogP contribution in [0.1, 0.15) is 31.5 Å². The van der Waals surface area contributed by atoms with Gasteiger partial charge in [-0.25, -0.2) is 0 Å². The molecule has 1 unspecified atom stereocenters. The Morgan fingerprint density at radius 1 is 1.62 bits per heavy atom. The number of hydrogen-bond donors (Lipinski definition) is 1. The molecule has 2 heterocycles. The summed E-state index contributed by atoms with van der Waals surface area (Å²) in [5.74, 6) is 1.53. The van der Waals surface area contributed by atoms with Crippen LogP contribution in [0.3, 0.4) is 0 Å². The first-order valence-corrected chi connectivity index (χ1v) is 4.78. The van der Waals surface area contributed by atoms with Crippen LogP contribution in [0.25, 0.3) is 0 Å². The summed E-state index contributed by atoms with van der Waals surface area (Å²) in [7, 11) is 0. The summed E-state index contributed by atoms with van der Waals surface area (Å²) in [4.78, 5) is 4.32. The van der Waals surface area contributed by atoms with E-state index in [1.807, 2.05) is 6.92 Å². The van der Waals surface area contributed by atoms with E-state index >= 15 is 0 Å². The summed E-state index contributed by atoms with van der Waals surface area (Å²) >= 11 is 0. The SMILES string of the molecule is CCC1(c2nc(C)no2)CCNC1. The number of hydrogen-bond acceptors (Lipinski definition) is 4. The molecule has 1 aliphatic rings. The minimum absolute atomic E-state index is 0.0985. The Hall–Kier alpha value is -0.900. The first kappa shape index (κ1) is 8.69. The molecular weight excluding hydrogens is 166 g/mol. The minimum Gasteiger partial charge on any atom is -0.339 e. The maximum Gasteiger partial charge on any atom is 0.234 e. The molecule has 1 aromatic rings. The molecule has 1 aromatic heterocycles. The predicted molar refractivity (Wildman–Crippen MR) is 48.5 cm³/mol. The molecule has 0 bridgehead atoms. The molecule has 0 aliphatic carbocycles. The molecule has 0 radical (unpaired) electrons. The summed E-state index contributed by atoms with van der Waals surface area (Å²) in [6.45, 7) is 6.05. The Balaban J connectivity index is 2.30. The van der Waals surface area contributed by atoms with Gasteiger partial charge in [0.2, 0.25) is 5.89 Å². The average Bonchev–Trinajstić information content (AvgIpc) is 2.73. The molecule has 1 saturated heterocycles. The highest BCUT2D eigenvalue weighted by Crippen LogP contribution is 2.32. The lowest BCUT2D eigenvalue weighted by atomic mass is 9.84. The van der Waals surface area contributed by atoms with Crippen molar-refractivity contribution in [2.24, 2.45) is 0 Å². The maximum absolute atomic E-state index is 5.24. The lowest BCUT2D eigenvalue weighted by Crippen LogP contribution is -2.28. The van der Waals surface area contributed by atoms with Gasteiger partial charge in [0.25, 0.3) is 0 Å². The fraction of sp³-hybridized carbons (Fsp3) is 0.778. The highest BCUT2D eigenvalue weighted by molar-refractivity contribution is 5.09. The molecule has 1 aliphatic heterocycles. The third kappa shape index (κ3) is 1.35. The molecule has 72 valence electrons. The zero-order chi connectivity index (χ0) is 9.31. The molecule has 4 heteroatoms. The van der Waals surface area contributed by atoms with Crippen LogP contribution in [-0.2, 0) is 5.41 Å². The molecule has 0 amide bonds. The third-order valence-electron chi connectivity index (χ3n) is 2.90. The highest BCUT2D eigenvalue weighted by atomic mass is 16.5. The quantitative estimate of drug-likeness (QED) is 0.740. The van der Waals surface area contributed by atoms with Crippen molar-refractivity contribution in [1.82, 2.24) is 15.5 Å². The summed E-state index contributed by atoms with van der Waals surface area (Å²) < 4.78 is 5.24. The molecule has 0 spiro atoms. The van der Waals surface area contributed by atoms with Gasteiger partial charge in [-0.1, -0.05) is 12.1 Å². The standard InChI is InChI=1S/C9H15N3O/c1-3-9(4-5-10-6-9)8-11-7(2)12-13-8/h10H,3-6H2,1-2H3. The van der Waals surface area contributed by atoms with Crippen molar-refractivity contribution < 1.29 is 4.52 Å². The van der Waals surface area contributed by atoms with Gasteiger partial charge < -0.3 is 9.84 Å². The van der Waals surface area contributed by atoms with Crippen molar-refractivity contribution >= 4 is 0 Å². The monoisotopic (exact) mass is 181 g/mol. The van der Waals surface area contributed by atoms with E-state index in [2.05, 4.69) is 22.4 Å². The van der Waals surface area contributed by atoms with Crippen LogP contribution < -0.4 is 5.32 Å². The zero-order valence-corrected chi connectivity index (χ0v) is 8.13. The molecule has 1 fully saturated rings. The lowest BCUT2D eigenvalue weighted by molar-refractivity contribution is 0.284. The van der Waals surface area contributed by atoms with Crippen molar-refractivity contribution in [2.45, 2.75) is 32.1 Å². The van der Waals surface area contributed by atoms with Crippen LogP contribution in [0.5, 0.6) is 0 Å². The van der Waals surface area contributed by atoms with Gasteiger partial charge in [0.1, 0.15) is 0 Å². The number of nitrogens with zero attached hydrogens (tertiary/aromatic N) is 2. The van der Waals surface area contributed by atoms with Gasteiger partial charge in [-0.2, -0.15) is 4.98 Å². The summed E-state index contributed by atoms with van der Waals surface area (Å²) in [5, 5.41) is 7.18. The van der Waals surface area contributed by atoms with Crippen LogP contribution in [0, 0.1) is 6.92 Å². The Morgan fingerprint density at radius 2 is 2.46 bits per heavy atom. The molecule has 4 nitrogen and oxygen atoms in total. The molecule has 1 N–H and O–H groups in total. The second-order valence-corrected chi connectivity index (χ2v) is 3.71. The van der Waals surface area contributed by atoms with Gasteiger partial charge in [0.05, 0.1) is 5.41 Å². The van der Waals surface area contributed by atoms with Crippen LogP contribution in [0.15, 0.2) is 4.52 Å². The van der Waals surface area contributed by atoms with Crippen LogP contribution >= 0.6 is 0 Å². The largest absolute Gasteiger partial charge is 0.339 e. The van der Waals surface area contributed by atoms with Gasteiger partial charge in [-0.15, -0.1) is 0 Å². The predicted octanol–water partition coefficient (Wildman–Crippen LogP) is 1.02. The number of nitrogens with one attached hydrogen (secondary N) is 1. The molecular formula is C9H15N3O. The zero-order valence-electron chi connectivity index (χ0n) is 8.13. The van der Waals surface area contributed by atoms with E-state index in [4.69, 9.17) is 4.52 Å². The summed E-state index contributed by atoms with van der Waals surface area (Å²) in [5.41, 5.74) is 0.0985. The van der Waals surface area contributed by atoms with E-state index in [1.54, 1.807) is 0 Å². The number of aromatic nitrogens is 2. The van der Waals surface area contributed by atoms with E-state index in [0.29, 0.717) is 0 Å². The molecule has 13 heavy (non-hydrogen) atoms.